The number of nitrogens with one attached hydrogen (secondary N) is 1. The van der Waals surface area contributed by atoms with Crippen molar-refractivity contribution in [1.82, 2.24) is 5.32 Å². The minimum Gasteiger partial charge on any atom is -0.381 e. The Morgan fingerprint density at radius 2 is 2.00 bits per heavy atom. The van der Waals surface area contributed by atoms with E-state index >= 15 is 0 Å². The van der Waals surface area contributed by atoms with Crippen LogP contribution in [0.1, 0.15) is 32.6 Å². The van der Waals surface area contributed by atoms with Gasteiger partial charge in [-0.3, -0.25) is 5.32 Å². The van der Waals surface area contributed by atoms with Crippen molar-refractivity contribution < 1.29 is 9.47 Å². The molecule has 0 aromatic heterocycles. The number of hydrogen-bond donors (Lipinski definition) is 1. The van der Waals surface area contributed by atoms with Gasteiger partial charge in [-0.05, 0) is 19.3 Å². The number of ether oxygens (including phenoxy) is 2. The Hall–Kier alpha value is 0.230. The minimum absolute atomic E-state index is 0.278. The molecule has 0 aromatic carbocycles. The fourth-order valence-electron chi connectivity index (χ4n) is 1.53. The summed E-state index contributed by atoms with van der Waals surface area (Å²) < 4.78 is 11.2. The first-order valence-electron chi connectivity index (χ1n) is 6.44. The van der Waals surface area contributed by atoms with Crippen molar-refractivity contribution in [3.8, 4) is 0 Å². The molecule has 0 aliphatic carbocycles. The third kappa shape index (κ3) is 7.49. The van der Waals surface area contributed by atoms with Gasteiger partial charge in [0.15, 0.2) is 0 Å². The average Bonchev–Trinajstić information content (AvgIpc) is 2.34. The van der Waals surface area contributed by atoms with Crippen molar-refractivity contribution in [2.45, 2.75) is 38.8 Å². The molecule has 0 spiro atoms. The van der Waals surface area contributed by atoms with Gasteiger partial charge in [0.05, 0.1) is 0 Å². The lowest BCUT2D eigenvalue weighted by atomic mass is 10.3. The lowest BCUT2D eigenvalue weighted by Crippen LogP contribution is -2.39. The van der Waals surface area contributed by atoms with Crippen molar-refractivity contribution in [1.29, 1.82) is 0 Å². The Morgan fingerprint density at radius 1 is 1.19 bits per heavy atom. The van der Waals surface area contributed by atoms with Crippen molar-refractivity contribution >= 4 is 11.8 Å². The van der Waals surface area contributed by atoms with Gasteiger partial charge in [-0.1, -0.05) is 13.3 Å². The van der Waals surface area contributed by atoms with Crippen LogP contribution in [-0.4, -0.2) is 44.1 Å². The summed E-state index contributed by atoms with van der Waals surface area (Å²) in [6.07, 6.45) is 4.90. The van der Waals surface area contributed by atoms with Crippen LogP contribution in [0.4, 0.5) is 0 Å². The molecule has 96 valence electrons. The van der Waals surface area contributed by atoms with Gasteiger partial charge in [-0.2, -0.15) is 11.8 Å². The maximum Gasteiger partial charge on any atom is 0.117 e. The van der Waals surface area contributed by atoms with Crippen LogP contribution in [0.15, 0.2) is 0 Å². The zero-order valence-corrected chi connectivity index (χ0v) is 11.2. The van der Waals surface area contributed by atoms with Gasteiger partial charge in [0, 0.05) is 37.9 Å². The van der Waals surface area contributed by atoms with Crippen molar-refractivity contribution in [2.24, 2.45) is 0 Å². The van der Waals surface area contributed by atoms with E-state index in [4.69, 9.17) is 9.47 Å². The molecule has 3 nitrogen and oxygen atoms in total. The molecule has 1 unspecified atom stereocenters. The van der Waals surface area contributed by atoms with Crippen LogP contribution < -0.4 is 5.32 Å². The third-order valence-corrected chi connectivity index (χ3v) is 3.56. The first-order valence-corrected chi connectivity index (χ1v) is 7.59. The maximum atomic E-state index is 5.72. The van der Waals surface area contributed by atoms with Gasteiger partial charge in [0.2, 0.25) is 0 Å². The van der Waals surface area contributed by atoms with E-state index in [1.165, 1.54) is 18.6 Å². The number of unbranched alkanes of at least 4 members (excludes halogenated alkanes) is 2. The lowest BCUT2D eigenvalue weighted by Gasteiger charge is -2.23. The van der Waals surface area contributed by atoms with E-state index in [9.17, 15) is 0 Å². The van der Waals surface area contributed by atoms with Crippen LogP contribution in [0.25, 0.3) is 0 Å². The van der Waals surface area contributed by atoms with Crippen LogP contribution >= 0.6 is 11.8 Å². The molecule has 16 heavy (non-hydrogen) atoms. The van der Waals surface area contributed by atoms with Crippen molar-refractivity contribution in [3.63, 3.8) is 0 Å². The highest BCUT2D eigenvalue weighted by Crippen LogP contribution is 2.08. The van der Waals surface area contributed by atoms with Crippen LogP contribution in [0, 0.1) is 0 Å². The first kappa shape index (κ1) is 14.3. The highest BCUT2D eigenvalue weighted by atomic mass is 32.2. The summed E-state index contributed by atoms with van der Waals surface area (Å²) in [5.41, 5.74) is 0. The van der Waals surface area contributed by atoms with Gasteiger partial charge in [0.1, 0.15) is 6.23 Å². The highest BCUT2D eigenvalue weighted by molar-refractivity contribution is 7.99. The Bertz CT molecular complexity index is 152. The smallest absolute Gasteiger partial charge is 0.117 e. The molecule has 1 heterocycles. The highest BCUT2D eigenvalue weighted by Gasteiger charge is 2.11. The molecule has 1 rings (SSSR count). The molecule has 0 saturated carbocycles. The van der Waals surface area contributed by atoms with Gasteiger partial charge in [-0.25, -0.2) is 0 Å². The summed E-state index contributed by atoms with van der Waals surface area (Å²) in [5.74, 6) is 2.30. The summed E-state index contributed by atoms with van der Waals surface area (Å²) in [5, 5.41) is 3.36. The Morgan fingerprint density at radius 3 is 2.75 bits per heavy atom. The Labute approximate surface area is 104 Å². The molecule has 1 aliphatic rings. The minimum atomic E-state index is 0.278. The standard InChI is InChI=1S/C12H25NO2S/c1-2-3-7-14-8-4-5-9-15-12-11-16-10-6-13-12/h12-13H,2-11H2,1H3. The molecule has 0 radical (unpaired) electrons. The second-order valence-electron chi connectivity index (χ2n) is 4.06. The topological polar surface area (TPSA) is 30.5 Å². The SMILES string of the molecule is CCCCOCCCCOC1CSCCN1. The summed E-state index contributed by atoms with van der Waals surface area (Å²) >= 11 is 1.97. The predicted molar refractivity (Wildman–Crippen MR) is 70.0 cm³/mol. The molecule has 0 aromatic rings. The zero-order valence-electron chi connectivity index (χ0n) is 10.4. The van der Waals surface area contributed by atoms with Gasteiger partial charge in [-0.15, -0.1) is 0 Å². The van der Waals surface area contributed by atoms with E-state index in [0.29, 0.717) is 0 Å². The van der Waals surface area contributed by atoms with Crippen molar-refractivity contribution in [2.75, 3.05) is 37.9 Å². The third-order valence-electron chi connectivity index (χ3n) is 2.53. The Kier molecular flexibility index (Phi) is 9.28. The molecular formula is C12H25NO2S. The predicted octanol–water partition coefficient (Wildman–Crippen LogP) is 2.26. The number of hydrogen-bond acceptors (Lipinski definition) is 4. The van der Waals surface area contributed by atoms with E-state index in [-0.39, 0.29) is 6.23 Å². The Balaban J connectivity index is 1.77. The average molecular weight is 247 g/mol. The van der Waals surface area contributed by atoms with Crippen LogP contribution in [0.5, 0.6) is 0 Å². The van der Waals surface area contributed by atoms with Gasteiger partial charge in [0.25, 0.3) is 0 Å². The maximum absolute atomic E-state index is 5.72. The monoisotopic (exact) mass is 247 g/mol. The second kappa shape index (κ2) is 10.4. The fraction of sp³-hybridized carbons (Fsp3) is 1.00. The summed E-state index contributed by atoms with van der Waals surface area (Å²) in [6, 6.07) is 0. The summed E-state index contributed by atoms with van der Waals surface area (Å²) in [4.78, 5) is 0. The quantitative estimate of drug-likeness (QED) is 0.633. The van der Waals surface area contributed by atoms with E-state index in [1.807, 2.05) is 11.8 Å². The fourth-order valence-corrected chi connectivity index (χ4v) is 2.39. The molecular weight excluding hydrogens is 222 g/mol. The zero-order chi connectivity index (χ0) is 11.5. The molecule has 1 saturated heterocycles. The second-order valence-corrected chi connectivity index (χ2v) is 5.21. The summed E-state index contributed by atoms with van der Waals surface area (Å²) in [6.45, 7) is 5.92. The van der Waals surface area contributed by atoms with E-state index in [1.54, 1.807) is 0 Å². The molecule has 1 aliphatic heterocycles. The molecule has 1 N–H and O–H groups in total. The first-order chi connectivity index (χ1) is 7.93. The van der Waals surface area contributed by atoms with Crippen LogP contribution in [-0.2, 0) is 9.47 Å². The molecule has 0 bridgehead atoms. The largest absolute Gasteiger partial charge is 0.381 e. The molecule has 4 heteroatoms. The number of rotatable bonds is 9. The van der Waals surface area contributed by atoms with Crippen LogP contribution in [0.3, 0.4) is 0 Å². The van der Waals surface area contributed by atoms with E-state index in [2.05, 4.69) is 12.2 Å². The lowest BCUT2D eigenvalue weighted by molar-refractivity contribution is 0.0380. The summed E-state index contributed by atoms with van der Waals surface area (Å²) in [7, 11) is 0. The molecule has 1 atom stereocenters. The van der Waals surface area contributed by atoms with Crippen LogP contribution in [0.2, 0.25) is 0 Å². The van der Waals surface area contributed by atoms with Crippen molar-refractivity contribution in [3.05, 3.63) is 0 Å². The van der Waals surface area contributed by atoms with E-state index in [0.717, 1.165) is 45.0 Å². The van der Waals surface area contributed by atoms with Gasteiger partial charge < -0.3 is 9.47 Å². The van der Waals surface area contributed by atoms with E-state index < -0.39 is 0 Å². The number of thioether (sulfide) groups is 1. The normalized spacial score (nSPS) is 21.2. The van der Waals surface area contributed by atoms with Gasteiger partial charge >= 0.3 is 0 Å². The molecule has 0 amide bonds. The molecule has 1 fully saturated rings.